The number of aromatic nitrogens is 6. The monoisotopic (exact) mass is 518 g/mol. The smallest absolute Gasteiger partial charge is 0.378 e. The summed E-state index contributed by atoms with van der Waals surface area (Å²) < 4.78 is 84.5. The molecule has 1 saturated heterocycles. The van der Waals surface area contributed by atoms with E-state index in [0.29, 0.717) is 24.6 Å². The Bertz CT molecular complexity index is 1230. The largest absolute Gasteiger partial charge is 0.423 e. The van der Waals surface area contributed by atoms with Crippen LogP contribution in [0.4, 0.5) is 37.8 Å². The maximum atomic E-state index is 13.1. The third-order valence-electron chi connectivity index (χ3n) is 5.35. The average molecular weight is 518 g/mol. The molecule has 10 nitrogen and oxygen atoms in total. The second-order valence-electron chi connectivity index (χ2n) is 8.20. The van der Waals surface area contributed by atoms with E-state index in [1.807, 2.05) is 0 Å². The molecule has 0 bridgehead atoms. The van der Waals surface area contributed by atoms with Crippen molar-refractivity contribution >= 4 is 11.5 Å². The van der Waals surface area contributed by atoms with Gasteiger partial charge in [0, 0.05) is 25.3 Å². The molecular formula is C20H20F6N8O2. The SMILES string of the molecule is CC(COCc1cn(C2CN(c3ccc(C(F)(F)F)cn3)C2)nn1)Nc1cn[nH]c(=O)c1C(F)(F)F. The Morgan fingerprint density at radius 3 is 2.56 bits per heavy atom. The zero-order valence-electron chi connectivity index (χ0n) is 18.6. The minimum Gasteiger partial charge on any atom is -0.378 e. The Morgan fingerprint density at radius 2 is 1.92 bits per heavy atom. The first kappa shape index (κ1) is 25.4. The van der Waals surface area contributed by atoms with Gasteiger partial charge in [-0.3, -0.25) is 4.79 Å². The number of hydrogen-bond donors (Lipinski definition) is 2. The van der Waals surface area contributed by atoms with E-state index in [2.05, 4.69) is 25.7 Å². The number of alkyl halides is 6. The first-order chi connectivity index (χ1) is 16.9. The van der Waals surface area contributed by atoms with Gasteiger partial charge < -0.3 is 15.0 Å². The number of ether oxygens (including phenoxy) is 1. The fraction of sp³-hybridized carbons (Fsp3) is 0.450. The zero-order valence-corrected chi connectivity index (χ0v) is 18.6. The number of rotatable bonds is 8. The summed E-state index contributed by atoms with van der Waals surface area (Å²) in [6.07, 6.45) is -5.96. The molecule has 2 N–H and O–H groups in total. The van der Waals surface area contributed by atoms with Crippen LogP contribution in [-0.2, 0) is 23.7 Å². The van der Waals surface area contributed by atoms with Gasteiger partial charge in [0.25, 0.3) is 5.56 Å². The van der Waals surface area contributed by atoms with Gasteiger partial charge in [0.2, 0.25) is 0 Å². The molecule has 0 saturated carbocycles. The van der Waals surface area contributed by atoms with Crippen molar-refractivity contribution in [1.29, 1.82) is 0 Å². The van der Waals surface area contributed by atoms with E-state index >= 15 is 0 Å². The van der Waals surface area contributed by atoms with Crippen molar-refractivity contribution in [3.63, 3.8) is 0 Å². The van der Waals surface area contributed by atoms with Gasteiger partial charge >= 0.3 is 12.4 Å². The van der Waals surface area contributed by atoms with Crippen molar-refractivity contribution in [3.8, 4) is 0 Å². The highest BCUT2D eigenvalue weighted by Gasteiger charge is 2.37. The van der Waals surface area contributed by atoms with Crippen molar-refractivity contribution < 1.29 is 31.1 Å². The van der Waals surface area contributed by atoms with E-state index < -0.39 is 40.8 Å². The van der Waals surface area contributed by atoms with Crippen LogP contribution < -0.4 is 15.8 Å². The molecule has 36 heavy (non-hydrogen) atoms. The first-order valence-electron chi connectivity index (χ1n) is 10.6. The van der Waals surface area contributed by atoms with Gasteiger partial charge in [0.1, 0.15) is 17.1 Å². The summed E-state index contributed by atoms with van der Waals surface area (Å²) >= 11 is 0. The van der Waals surface area contributed by atoms with Gasteiger partial charge in [-0.2, -0.15) is 31.4 Å². The molecule has 0 radical (unpaired) electrons. The number of H-pyrrole nitrogens is 1. The fourth-order valence-corrected chi connectivity index (χ4v) is 3.54. The fourth-order valence-electron chi connectivity index (χ4n) is 3.54. The number of pyridine rings is 1. The quantitative estimate of drug-likeness (QED) is 0.438. The second-order valence-corrected chi connectivity index (χ2v) is 8.20. The van der Waals surface area contributed by atoms with Gasteiger partial charge in [-0.25, -0.2) is 14.8 Å². The zero-order chi connectivity index (χ0) is 26.1. The Labute approximate surface area is 199 Å². The first-order valence-corrected chi connectivity index (χ1v) is 10.6. The number of anilines is 2. The van der Waals surface area contributed by atoms with Gasteiger partial charge in [0.05, 0.1) is 42.9 Å². The number of aromatic amines is 1. The van der Waals surface area contributed by atoms with E-state index in [0.717, 1.165) is 18.5 Å². The maximum absolute atomic E-state index is 13.1. The van der Waals surface area contributed by atoms with Crippen LogP contribution in [0.3, 0.4) is 0 Å². The van der Waals surface area contributed by atoms with Crippen molar-refractivity contribution in [2.24, 2.45) is 0 Å². The van der Waals surface area contributed by atoms with Crippen molar-refractivity contribution in [3.05, 3.63) is 57.9 Å². The van der Waals surface area contributed by atoms with Crippen molar-refractivity contribution in [2.75, 3.05) is 29.9 Å². The van der Waals surface area contributed by atoms with E-state index in [-0.39, 0.29) is 19.3 Å². The third-order valence-corrected chi connectivity index (χ3v) is 5.35. The van der Waals surface area contributed by atoms with Gasteiger partial charge in [-0.1, -0.05) is 5.21 Å². The Hall–Kier alpha value is -3.69. The average Bonchev–Trinajstić information content (AvgIpc) is 3.20. The number of nitrogens with zero attached hydrogens (tertiary/aromatic N) is 6. The molecule has 1 atom stereocenters. The molecule has 0 spiro atoms. The summed E-state index contributed by atoms with van der Waals surface area (Å²) in [6.45, 7) is 2.59. The van der Waals surface area contributed by atoms with Crippen LogP contribution >= 0.6 is 0 Å². The highest BCUT2D eigenvalue weighted by atomic mass is 19.4. The van der Waals surface area contributed by atoms with Crippen LogP contribution in [0, 0.1) is 0 Å². The number of nitrogens with one attached hydrogen (secondary N) is 2. The predicted molar refractivity (Wildman–Crippen MR) is 113 cm³/mol. The summed E-state index contributed by atoms with van der Waals surface area (Å²) in [5, 5.41) is 15.8. The Kier molecular flexibility index (Phi) is 6.88. The molecule has 1 fully saturated rings. The lowest BCUT2D eigenvalue weighted by Crippen LogP contribution is -2.48. The molecule has 16 heteroatoms. The third kappa shape index (κ3) is 5.75. The molecule has 1 aliphatic rings. The predicted octanol–water partition coefficient (Wildman–Crippen LogP) is 2.87. The molecule has 1 aliphatic heterocycles. The lowest BCUT2D eigenvalue weighted by molar-refractivity contribution is -0.138. The number of hydrogen-bond acceptors (Lipinski definition) is 8. The van der Waals surface area contributed by atoms with Crippen LogP contribution in [0.5, 0.6) is 0 Å². The molecule has 0 aliphatic carbocycles. The van der Waals surface area contributed by atoms with Crippen LogP contribution in [0.1, 0.15) is 29.8 Å². The molecule has 194 valence electrons. The molecule has 4 rings (SSSR count). The summed E-state index contributed by atoms with van der Waals surface area (Å²) in [5.41, 5.74) is -3.50. The summed E-state index contributed by atoms with van der Waals surface area (Å²) in [4.78, 5) is 17.2. The lowest BCUT2D eigenvalue weighted by atomic mass is 10.1. The van der Waals surface area contributed by atoms with E-state index in [4.69, 9.17) is 4.74 Å². The van der Waals surface area contributed by atoms with Crippen LogP contribution in [0.15, 0.2) is 35.5 Å². The molecule has 1 unspecified atom stereocenters. The van der Waals surface area contributed by atoms with E-state index in [9.17, 15) is 31.1 Å². The van der Waals surface area contributed by atoms with Crippen LogP contribution in [0.25, 0.3) is 0 Å². The molecule has 3 aromatic heterocycles. The van der Waals surface area contributed by atoms with Gasteiger partial charge in [-0.15, -0.1) is 5.10 Å². The molecule has 3 aromatic rings. The van der Waals surface area contributed by atoms with E-state index in [1.54, 1.807) is 27.8 Å². The molecule has 4 heterocycles. The standard InChI is InChI=1S/C20H20F6N8O2/c1-11(29-15-5-28-31-18(35)17(15)20(24,25)26)9-36-10-13-6-34(32-30-13)14-7-33(8-14)16-3-2-12(4-27-16)19(21,22)23/h2-6,11,14H,7-10H2,1H3,(H2,29,31,35). The Morgan fingerprint density at radius 1 is 1.17 bits per heavy atom. The van der Waals surface area contributed by atoms with Crippen LogP contribution in [0.2, 0.25) is 0 Å². The summed E-state index contributed by atoms with van der Waals surface area (Å²) in [6, 6.07) is 1.66. The van der Waals surface area contributed by atoms with E-state index in [1.165, 1.54) is 6.07 Å². The normalized spacial score (nSPS) is 15.6. The van der Waals surface area contributed by atoms with Crippen LogP contribution in [-0.4, -0.2) is 55.9 Å². The summed E-state index contributed by atoms with van der Waals surface area (Å²) in [7, 11) is 0. The summed E-state index contributed by atoms with van der Waals surface area (Å²) in [5.74, 6) is 0.425. The second kappa shape index (κ2) is 9.75. The van der Waals surface area contributed by atoms with Gasteiger partial charge in [0.15, 0.2) is 0 Å². The molecule has 0 aromatic carbocycles. The minimum atomic E-state index is -4.85. The Balaban J connectivity index is 1.24. The topological polar surface area (TPSA) is 114 Å². The molecule has 0 amide bonds. The maximum Gasteiger partial charge on any atom is 0.423 e. The van der Waals surface area contributed by atoms with Crippen molar-refractivity contribution in [2.45, 2.75) is 38.0 Å². The van der Waals surface area contributed by atoms with Crippen molar-refractivity contribution in [1.82, 2.24) is 30.2 Å². The highest BCUT2D eigenvalue weighted by molar-refractivity contribution is 5.50. The molecular weight excluding hydrogens is 498 g/mol. The highest BCUT2D eigenvalue weighted by Crippen LogP contribution is 2.32. The lowest BCUT2D eigenvalue weighted by Gasteiger charge is -2.39. The van der Waals surface area contributed by atoms with Gasteiger partial charge in [-0.05, 0) is 19.1 Å². The number of halogens is 6. The minimum absolute atomic E-state index is 0.00769.